The van der Waals surface area contributed by atoms with Crippen LogP contribution in [0, 0.1) is 18.6 Å². The van der Waals surface area contributed by atoms with E-state index in [0.29, 0.717) is 32.9 Å². The van der Waals surface area contributed by atoms with E-state index in [2.05, 4.69) is 25.3 Å². The summed E-state index contributed by atoms with van der Waals surface area (Å²) in [6, 6.07) is 8.88. The Morgan fingerprint density at radius 1 is 1.06 bits per heavy atom. The van der Waals surface area contributed by atoms with Crippen molar-refractivity contribution in [3.8, 4) is 11.3 Å². The van der Waals surface area contributed by atoms with Gasteiger partial charge in [-0.3, -0.25) is 4.99 Å². The van der Waals surface area contributed by atoms with E-state index >= 15 is 0 Å². The van der Waals surface area contributed by atoms with Crippen molar-refractivity contribution in [2.45, 2.75) is 13.5 Å². The highest BCUT2D eigenvalue weighted by Gasteiger charge is 2.25. The molecule has 0 atom stereocenters. The fraction of sp³-hybridized carbons (Fsp3) is 0.0909. The van der Waals surface area contributed by atoms with Crippen LogP contribution < -0.4 is 5.32 Å². The normalized spacial score (nSPS) is 12.6. The van der Waals surface area contributed by atoms with Gasteiger partial charge in [0.15, 0.2) is 5.13 Å². The highest BCUT2D eigenvalue weighted by Crippen LogP contribution is 2.34. The summed E-state index contributed by atoms with van der Waals surface area (Å²) in [5.41, 5.74) is 3.42. The number of halogens is 3. The van der Waals surface area contributed by atoms with Crippen LogP contribution in [-0.2, 0) is 6.54 Å². The van der Waals surface area contributed by atoms with Crippen molar-refractivity contribution in [1.29, 1.82) is 0 Å². The van der Waals surface area contributed by atoms with Crippen LogP contribution in [0.25, 0.3) is 11.3 Å². The van der Waals surface area contributed by atoms with Gasteiger partial charge >= 0.3 is 0 Å². The molecule has 2 aromatic carbocycles. The summed E-state index contributed by atoms with van der Waals surface area (Å²) in [5.74, 6) is -1.01. The van der Waals surface area contributed by atoms with Gasteiger partial charge in [0, 0.05) is 33.3 Å². The van der Waals surface area contributed by atoms with Gasteiger partial charge < -0.3 is 5.32 Å². The van der Waals surface area contributed by atoms with Crippen molar-refractivity contribution in [2.24, 2.45) is 4.99 Å². The van der Waals surface area contributed by atoms with E-state index in [1.54, 1.807) is 24.4 Å². The molecule has 4 aromatic rings. The monoisotopic (exact) mass is 453 g/mol. The number of fused-ring (bicyclic) bond motifs is 3. The van der Waals surface area contributed by atoms with Gasteiger partial charge in [0.25, 0.3) is 0 Å². The Morgan fingerprint density at radius 3 is 2.61 bits per heavy atom. The number of benzene rings is 2. The zero-order valence-corrected chi connectivity index (χ0v) is 17.7. The van der Waals surface area contributed by atoms with Crippen molar-refractivity contribution in [2.75, 3.05) is 5.32 Å². The molecule has 9 heteroatoms. The molecule has 0 spiro atoms. The predicted molar refractivity (Wildman–Crippen MR) is 118 cm³/mol. The fourth-order valence-corrected chi connectivity index (χ4v) is 4.28. The van der Waals surface area contributed by atoms with E-state index in [-0.39, 0.29) is 17.8 Å². The van der Waals surface area contributed by atoms with E-state index in [4.69, 9.17) is 11.6 Å². The summed E-state index contributed by atoms with van der Waals surface area (Å²) in [6.07, 6.45) is 1.66. The summed E-state index contributed by atoms with van der Waals surface area (Å²) in [6.45, 7) is 2.07. The molecule has 3 heterocycles. The van der Waals surface area contributed by atoms with E-state index in [9.17, 15) is 8.78 Å². The number of thiazole rings is 1. The molecule has 0 bridgehead atoms. The second-order valence-electron chi connectivity index (χ2n) is 6.94. The van der Waals surface area contributed by atoms with Gasteiger partial charge in [0.1, 0.15) is 11.6 Å². The summed E-state index contributed by atoms with van der Waals surface area (Å²) >= 11 is 7.68. The van der Waals surface area contributed by atoms with Crippen LogP contribution in [0.4, 0.5) is 19.9 Å². The van der Waals surface area contributed by atoms with Crippen molar-refractivity contribution in [1.82, 2.24) is 15.0 Å². The molecule has 0 saturated carbocycles. The molecule has 5 rings (SSSR count). The van der Waals surface area contributed by atoms with Gasteiger partial charge in [-0.25, -0.2) is 23.7 Å². The standard InChI is InChI=1S/C22H14ClF2N5S/c1-11-10-31-22(28-11)30-21-27-9-12-8-26-20(18-16(24)3-2-4-17(18)25)15-7-13(23)5-6-14(15)19(12)29-21/h2-7,9-10H,8H2,1H3,(H,27,28,29,30). The lowest BCUT2D eigenvalue weighted by atomic mass is 9.95. The highest BCUT2D eigenvalue weighted by atomic mass is 35.5. The smallest absolute Gasteiger partial charge is 0.229 e. The maximum Gasteiger partial charge on any atom is 0.229 e. The van der Waals surface area contributed by atoms with Crippen LogP contribution in [0.5, 0.6) is 0 Å². The average Bonchev–Trinajstić information content (AvgIpc) is 3.08. The molecule has 0 radical (unpaired) electrons. The second-order valence-corrected chi connectivity index (χ2v) is 8.23. The minimum atomic E-state index is -0.691. The molecular weight excluding hydrogens is 440 g/mol. The van der Waals surface area contributed by atoms with Crippen LogP contribution in [0.2, 0.25) is 5.02 Å². The Balaban J connectivity index is 1.66. The molecule has 1 aliphatic rings. The highest BCUT2D eigenvalue weighted by molar-refractivity contribution is 7.13. The third-order valence-electron chi connectivity index (χ3n) is 4.80. The van der Waals surface area contributed by atoms with E-state index in [1.165, 1.54) is 29.5 Å². The SMILES string of the molecule is Cc1csc(Nc2ncc3c(n2)-c2ccc(Cl)cc2C(c2c(F)cccc2F)=NC3)n1. The molecule has 0 fully saturated rings. The van der Waals surface area contributed by atoms with Gasteiger partial charge in [-0.05, 0) is 31.2 Å². The molecule has 0 amide bonds. The van der Waals surface area contributed by atoms with E-state index in [1.807, 2.05) is 12.3 Å². The Hall–Kier alpha value is -3.23. The lowest BCUT2D eigenvalue weighted by molar-refractivity contribution is 0.579. The first-order valence-corrected chi connectivity index (χ1v) is 10.6. The Bertz CT molecular complexity index is 1330. The maximum absolute atomic E-state index is 14.6. The van der Waals surface area contributed by atoms with Gasteiger partial charge in [-0.2, -0.15) is 0 Å². The van der Waals surface area contributed by atoms with Crippen molar-refractivity contribution < 1.29 is 8.78 Å². The number of rotatable bonds is 3. The van der Waals surface area contributed by atoms with Crippen molar-refractivity contribution in [3.05, 3.63) is 87.0 Å². The zero-order valence-electron chi connectivity index (χ0n) is 16.2. The molecular formula is C22H14ClF2N5S. The summed E-state index contributed by atoms with van der Waals surface area (Å²) in [4.78, 5) is 17.9. The fourth-order valence-electron chi connectivity index (χ4n) is 3.43. The van der Waals surface area contributed by atoms with Crippen LogP contribution in [0.15, 0.2) is 53.0 Å². The number of hydrogen-bond acceptors (Lipinski definition) is 6. The minimum absolute atomic E-state index is 0.168. The molecule has 1 aliphatic heterocycles. The molecule has 1 N–H and O–H groups in total. The number of hydrogen-bond donors (Lipinski definition) is 1. The topological polar surface area (TPSA) is 63.1 Å². The molecule has 5 nitrogen and oxygen atoms in total. The van der Waals surface area contributed by atoms with Crippen molar-refractivity contribution >= 4 is 39.7 Å². The van der Waals surface area contributed by atoms with E-state index in [0.717, 1.165) is 11.3 Å². The zero-order chi connectivity index (χ0) is 21.5. The molecule has 0 aliphatic carbocycles. The van der Waals surface area contributed by atoms with Gasteiger partial charge in [0.2, 0.25) is 5.95 Å². The lowest BCUT2D eigenvalue weighted by Crippen LogP contribution is -2.10. The maximum atomic E-state index is 14.6. The second kappa shape index (κ2) is 7.79. The molecule has 2 aromatic heterocycles. The molecule has 31 heavy (non-hydrogen) atoms. The summed E-state index contributed by atoms with van der Waals surface area (Å²) in [5, 5.41) is 6.12. The van der Waals surface area contributed by atoms with Gasteiger partial charge in [-0.1, -0.05) is 23.7 Å². The molecule has 0 unspecified atom stereocenters. The lowest BCUT2D eigenvalue weighted by Gasteiger charge is -2.13. The van der Waals surface area contributed by atoms with Gasteiger partial charge in [0.05, 0.1) is 29.2 Å². The number of anilines is 2. The van der Waals surface area contributed by atoms with Gasteiger partial charge in [-0.15, -0.1) is 11.3 Å². The quantitative estimate of drug-likeness (QED) is 0.417. The van der Waals surface area contributed by atoms with Crippen LogP contribution >= 0.6 is 22.9 Å². The first kappa shape index (κ1) is 19.7. The number of nitrogens with zero attached hydrogens (tertiary/aromatic N) is 4. The Morgan fingerprint density at radius 2 is 1.87 bits per heavy atom. The van der Waals surface area contributed by atoms with E-state index < -0.39 is 11.6 Å². The van der Waals surface area contributed by atoms with Crippen molar-refractivity contribution in [3.63, 3.8) is 0 Å². The Labute approximate surface area is 185 Å². The third kappa shape index (κ3) is 3.68. The number of aryl methyl sites for hydroxylation is 1. The summed E-state index contributed by atoms with van der Waals surface area (Å²) < 4.78 is 29.2. The van der Waals surface area contributed by atoms with Crippen LogP contribution in [0.1, 0.15) is 22.4 Å². The number of aliphatic imine (C=N–C) groups is 1. The molecule has 0 saturated heterocycles. The molecule has 154 valence electrons. The average molecular weight is 454 g/mol. The Kier molecular flexibility index (Phi) is 4.95. The summed E-state index contributed by atoms with van der Waals surface area (Å²) in [7, 11) is 0. The number of nitrogens with one attached hydrogen (secondary N) is 1. The minimum Gasteiger partial charge on any atom is -0.300 e. The largest absolute Gasteiger partial charge is 0.300 e. The number of aromatic nitrogens is 3. The first-order valence-electron chi connectivity index (χ1n) is 9.34. The van der Waals surface area contributed by atoms with Crippen LogP contribution in [-0.4, -0.2) is 20.7 Å². The predicted octanol–water partition coefficient (Wildman–Crippen LogP) is 5.93. The third-order valence-corrected chi connectivity index (χ3v) is 5.91. The van der Waals surface area contributed by atoms with Crippen LogP contribution in [0.3, 0.4) is 0 Å². The first-order chi connectivity index (χ1) is 15.0.